The maximum atomic E-state index is 12.8. The Morgan fingerprint density at radius 2 is 1.86 bits per heavy atom. The van der Waals surface area contributed by atoms with Gasteiger partial charge in [0.2, 0.25) is 5.91 Å². The molecule has 150 valence electrons. The van der Waals surface area contributed by atoms with Crippen molar-refractivity contribution in [3.05, 3.63) is 16.8 Å². The average Bonchev–Trinajstić information content (AvgIpc) is 3.20. The van der Waals surface area contributed by atoms with Crippen molar-refractivity contribution < 1.29 is 4.79 Å². The van der Waals surface area contributed by atoms with Gasteiger partial charge in [0.05, 0.1) is 5.39 Å². The molecule has 0 aliphatic carbocycles. The van der Waals surface area contributed by atoms with Crippen LogP contribution < -0.4 is 15.5 Å². The fourth-order valence-electron chi connectivity index (χ4n) is 5.25. The lowest BCUT2D eigenvalue weighted by molar-refractivity contribution is -0.126. The molecule has 3 saturated heterocycles. The quantitative estimate of drug-likeness (QED) is 0.830. The number of thiophene rings is 1. The maximum absolute atomic E-state index is 12.8. The molecule has 1 amide bonds. The van der Waals surface area contributed by atoms with Crippen LogP contribution in [0.2, 0.25) is 0 Å². The van der Waals surface area contributed by atoms with E-state index in [9.17, 15) is 4.79 Å². The minimum atomic E-state index is 0.131. The number of hydrogen-bond donors (Lipinski definition) is 2. The zero-order chi connectivity index (χ0) is 19.3. The fourth-order valence-corrected chi connectivity index (χ4v) is 6.24. The Hall–Kier alpha value is -1.73. The van der Waals surface area contributed by atoms with Gasteiger partial charge in [-0.25, -0.2) is 9.97 Å². The van der Waals surface area contributed by atoms with Crippen LogP contribution >= 0.6 is 11.3 Å². The normalized spacial score (nSPS) is 28.1. The van der Waals surface area contributed by atoms with Gasteiger partial charge in [-0.1, -0.05) is 0 Å². The number of piperidine rings is 2. The van der Waals surface area contributed by atoms with Crippen molar-refractivity contribution >= 4 is 33.3 Å². The minimum Gasteiger partial charge on any atom is -0.356 e. The first kappa shape index (κ1) is 18.3. The van der Waals surface area contributed by atoms with E-state index in [0.29, 0.717) is 18.1 Å². The van der Waals surface area contributed by atoms with Crippen LogP contribution in [-0.2, 0) is 4.79 Å². The summed E-state index contributed by atoms with van der Waals surface area (Å²) in [6.07, 6.45) is 8.20. The SMILES string of the molecule is Cc1sc2ncnc(N3CCC(C(=O)NC4CC5CCC(C4)N5)CC3)c2c1C. The third kappa shape index (κ3) is 3.28. The van der Waals surface area contributed by atoms with Crippen molar-refractivity contribution in [2.75, 3.05) is 18.0 Å². The zero-order valence-corrected chi connectivity index (χ0v) is 17.5. The van der Waals surface area contributed by atoms with Crippen molar-refractivity contribution in [1.82, 2.24) is 20.6 Å². The van der Waals surface area contributed by atoms with Crippen molar-refractivity contribution in [2.45, 2.75) is 70.5 Å². The summed E-state index contributed by atoms with van der Waals surface area (Å²) in [5.41, 5.74) is 1.29. The van der Waals surface area contributed by atoms with Crippen LogP contribution in [0, 0.1) is 19.8 Å². The molecule has 2 aromatic heterocycles. The van der Waals surface area contributed by atoms with E-state index >= 15 is 0 Å². The molecule has 2 unspecified atom stereocenters. The predicted molar refractivity (Wildman–Crippen MR) is 113 cm³/mol. The topological polar surface area (TPSA) is 70.2 Å². The Balaban J connectivity index is 1.22. The first-order valence-corrected chi connectivity index (χ1v) is 11.4. The molecule has 3 aliphatic heterocycles. The molecule has 0 saturated carbocycles. The van der Waals surface area contributed by atoms with Gasteiger partial charge in [0.25, 0.3) is 0 Å². The van der Waals surface area contributed by atoms with Crippen LogP contribution in [0.5, 0.6) is 0 Å². The van der Waals surface area contributed by atoms with Gasteiger partial charge < -0.3 is 15.5 Å². The third-order valence-corrected chi connectivity index (χ3v) is 8.05. The summed E-state index contributed by atoms with van der Waals surface area (Å²) in [6, 6.07) is 1.59. The van der Waals surface area contributed by atoms with Crippen LogP contribution in [0.4, 0.5) is 5.82 Å². The Bertz CT molecular complexity index is 876. The van der Waals surface area contributed by atoms with Gasteiger partial charge in [0.1, 0.15) is 17.0 Å². The summed E-state index contributed by atoms with van der Waals surface area (Å²) in [7, 11) is 0. The lowest BCUT2D eigenvalue weighted by Crippen LogP contribution is -2.50. The molecular weight excluding hydrogens is 370 g/mol. The van der Waals surface area contributed by atoms with E-state index in [0.717, 1.165) is 49.4 Å². The van der Waals surface area contributed by atoms with E-state index in [1.54, 1.807) is 17.7 Å². The van der Waals surface area contributed by atoms with E-state index in [1.807, 2.05) is 0 Å². The Morgan fingerprint density at radius 1 is 1.14 bits per heavy atom. The smallest absolute Gasteiger partial charge is 0.223 e. The molecule has 0 spiro atoms. The first-order valence-electron chi connectivity index (χ1n) is 10.6. The summed E-state index contributed by atoms with van der Waals surface area (Å²) >= 11 is 1.74. The Labute approximate surface area is 170 Å². The lowest BCUT2D eigenvalue weighted by atomic mass is 9.93. The minimum absolute atomic E-state index is 0.131. The second-order valence-electron chi connectivity index (χ2n) is 8.74. The van der Waals surface area contributed by atoms with Crippen LogP contribution in [0.3, 0.4) is 0 Å². The van der Waals surface area contributed by atoms with Crippen molar-refractivity contribution in [2.24, 2.45) is 5.92 Å². The number of amides is 1. The number of hydrogen-bond acceptors (Lipinski definition) is 6. The van der Waals surface area contributed by atoms with Gasteiger partial charge in [-0.05, 0) is 57.9 Å². The van der Waals surface area contributed by atoms with Gasteiger partial charge in [-0.15, -0.1) is 11.3 Å². The molecule has 5 heterocycles. The molecule has 3 fully saturated rings. The number of anilines is 1. The van der Waals surface area contributed by atoms with E-state index in [2.05, 4.69) is 39.3 Å². The van der Waals surface area contributed by atoms with Gasteiger partial charge in [-0.3, -0.25) is 4.79 Å². The number of aromatic nitrogens is 2. The highest BCUT2D eigenvalue weighted by molar-refractivity contribution is 7.18. The average molecular weight is 400 g/mol. The van der Waals surface area contributed by atoms with Crippen LogP contribution in [0.25, 0.3) is 10.2 Å². The maximum Gasteiger partial charge on any atom is 0.223 e. The molecule has 7 heteroatoms. The molecule has 28 heavy (non-hydrogen) atoms. The largest absolute Gasteiger partial charge is 0.356 e. The third-order valence-electron chi connectivity index (χ3n) is 6.93. The lowest BCUT2D eigenvalue weighted by Gasteiger charge is -2.35. The van der Waals surface area contributed by atoms with Gasteiger partial charge in [0.15, 0.2) is 0 Å². The number of fused-ring (bicyclic) bond motifs is 3. The molecule has 5 rings (SSSR count). The van der Waals surface area contributed by atoms with E-state index in [-0.39, 0.29) is 11.8 Å². The van der Waals surface area contributed by atoms with Gasteiger partial charge in [-0.2, -0.15) is 0 Å². The summed E-state index contributed by atoms with van der Waals surface area (Å²) < 4.78 is 0. The van der Waals surface area contributed by atoms with Crippen molar-refractivity contribution in [3.63, 3.8) is 0 Å². The molecule has 3 aliphatic rings. The van der Waals surface area contributed by atoms with Crippen LogP contribution in [-0.4, -0.2) is 47.1 Å². The zero-order valence-electron chi connectivity index (χ0n) is 16.7. The molecule has 2 atom stereocenters. The molecule has 6 nitrogen and oxygen atoms in total. The highest BCUT2D eigenvalue weighted by atomic mass is 32.1. The number of carbonyl (C=O) groups excluding carboxylic acids is 1. The second kappa shape index (κ2) is 7.26. The van der Waals surface area contributed by atoms with Crippen molar-refractivity contribution in [3.8, 4) is 0 Å². The summed E-state index contributed by atoms with van der Waals surface area (Å²) in [6.45, 7) is 6.08. The standard InChI is InChI=1S/C21H29N5OS/c1-12-13(2)28-21-18(12)19(22-11-23-21)26-7-5-14(6-8-26)20(27)25-17-9-15-3-4-16(10-17)24-15/h11,14-17,24H,3-10H2,1-2H3,(H,25,27). The molecule has 2 N–H and O–H groups in total. The molecule has 2 bridgehead atoms. The van der Waals surface area contributed by atoms with Crippen LogP contribution in [0.15, 0.2) is 6.33 Å². The highest BCUT2D eigenvalue weighted by Crippen LogP contribution is 2.35. The predicted octanol–water partition coefficient (Wildman–Crippen LogP) is 2.92. The fraction of sp³-hybridized carbons (Fsp3) is 0.667. The van der Waals surface area contributed by atoms with E-state index in [4.69, 9.17) is 0 Å². The second-order valence-corrected chi connectivity index (χ2v) is 9.94. The molecule has 0 aromatic carbocycles. The Kier molecular flexibility index (Phi) is 4.75. The molecule has 0 radical (unpaired) electrons. The number of aryl methyl sites for hydroxylation is 2. The van der Waals surface area contributed by atoms with E-state index in [1.165, 1.54) is 28.7 Å². The highest BCUT2D eigenvalue weighted by Gasteiger charge is 2.35. The number of nitrogens with one attached hydrogen (secondary N) is 2. The summed E-state index contributed by atoms with van der Waals surface area (Å²) in [4.78, 5) is 26.6. The Morgan fingerprint density at radius 3 is 2.57 bits per heavy atom. The van der Waals surface area contributed by atoms with Gasteiger partial charge >= 0.3 is 0 Å². The van der Waals surface area contributed by atoms with Crippen molar-refractivity contribution in [1.29, 1.82) is 0 Å². The molecular formula is C21H29N5OS. The summed E-state index contributed by atoms with van der Waals surface area (Å²) in [5, 5.41) is 8.21. The first-order chi connectivity index (χ1) is 13.6. The number of rotatable bonds is 3. The molecule has 2 aromatic rings. The number of carbonyl (C=O) groups is 1. The van der Waals surface area contributed by atoms with E-state index < -0.39 is 0 Å². The monoisotopic (exact) mass is 399 g/mol. The number of nitrogens with zero attached hydrogens (tertiary/aromatic N) is 3. The summed E-state index contributed by atoms with van der Waals surface area (Å²) in [5.74, 6) is 1.44. The van der Waals surface area contributed by atoms with Gasteiger partial charge in [0, 0.05) is 42.0 Å². The van der Waals surface area contributed by atoms with Crippen LogP contribution in [0.1, 0.15) is 49.0 Å².